The summed E-state index contributed by atoms with van der Waals surface area (Å²) in [5.74, 6) is 0. The van der Waals surface area contributed by atoms with Gasteiger partial charge in [-0.15, -0.1) is 13.2 Å². The molecule has 0 atom stereocenters. The highest BCUT2D eigenvalue weighted by Gasteiger charge is 2.29. The largest absolute Gasteiger partial charge is 0.284 e. The lowest BCUT2D eigenvalue weighted by molar-refractivity contribution is 0.458. The Morgan fingerprint density at radius 2 is 1.17 bits per heavy atom. The molecule has 0 radical (unpaired) electrons. The quantitative estimate of drug-likeness (QED) is 0.495. The van der Waals surface area contributed by atoms with Crippen LogP contribution in [0.4, 0.5) is 0 Å². The molecule has 0 aliphatic carbocycles. The van der Waals surface area contributed by atoms with E-state index in [-0.39, 0.29) is 0 Å². The molecule has 0 spiro atoms. The molecule has 0 saturated heterocycles. The molecule has 74 valence electrons. The predicted molar refractivity (Wildman–Crippen MR) is 43.8 cm³/mol. The Balaban J connectivity index is 0. The van der Waals surface area contributed by atoms with Crippen LogP contribution in [-0.2, 0) is 20.2 Å². The van der Waals surface area contributed by atoms with Crippen molar-refractivity contribution in [1.29, 1.82) is 0 Å². The summed E-state index contributed by atoms with van der Waals surface area (Å²) in [6.45, 7) is 6.66. The lowest BCUT2D eigenvalue weighted by atomic mass is 11.0. The fourth-order valence-corrected chi connectivity index (χ4v) is 1.38. The Labute approximate surface area is 71.4 Å². The van der Waals surface area contributed by atoms with Gasteiger partial charge in [-0.3, -0.25) is 9.11 Å². The third-order valence-electron chi connectivity index (χ3n) is 0.839. The van der Waals surface area contributed by atoms with E-state index in [0.717, 1.165) is 0 Å². The van der Waals surface area contributed by atoms with Crippen LogP contribution >= 0.6 is 0 Å². The first-order chi connectivity index (χ1) is 5.15. The van der Waals surface area contributed by atoms with Crippen molar-refractivity contribution in [3.8, 4) is 0 Å². The maximum absolute atomic E-state index is 9.99. The summed E-state index contributed by atoms with van der Waals surface area (Å²) < 4.78 is 53.9. The molecule has 0 rings (SSSR count). The molecule has 0 bridgehead atoms. The minimum atomic E-state index is -4.70. The molecule has 0 unspecified atom stereocenters. The van der Waals surface area contributed by atoms with Crippen LogP contribution in [-0.4, -0.2) is 30.5 Å². The fourth-order valence-electron chi connectivity index (χ4n) is 0.154. The average Bonchev–Trinajstić information content (AvgIpc) is 1.87. The molecule has 0 aromatic heterocycles. The zero-order chi connectivity index (χ0) is 10.6. The first-order valence-electron chi connectivity index (χ1n) is 2.58. The van der Waals surface area contributed by atoms with Crippen molar-refractivity contribution in [1.82, 2.24) is 0 Å². The van der Waals surface area contributed by atoms with Crippen LogP contribution < -0.4 is 0 Å². The van der Waals surface area contributed by atoms with Gasteiger partial charge in [0.25, 0.3) is 20.2 Å². The Kier molecular flexibility index (Phi) is 5.35. The van der Waals surface area contributed by atoms with Crippen LogP contribution in [0.25, 0.3) is 0 Å². The van der Waals surface area contributed by atoms with Crippen molar-refractivity contribution >= 4 is 20.2 Å². The Morgan fingerprint density at radius 1 is 1.00 bits per heavy atom. The standard InChI is InChI=1S/C2H6O6S2.C2H4/c1-2(9(3,4)5)10(6,7)8;1-2/h2H,1H3,(H,3,4,5)(H,6,7,8);1-2H2. The van der Waals surface area contributed by atoms with Gasteiger partial charge in [0.15, 0.2) is 0 Å². The molecule has 0 amide bonds. The van der Waals surface area contributed by atoms with Crippen LogP contribution in [0.3, 0.4) is 0 Å². The van der Waals surface area contributed by atoms with Gasteiger partial charge < -0.3 is 0 Å². The van der Waals surface area contributed by atoms with E-state index >= 15 is 0 Å². The van der Waals surface area contributed by atoms with Gasteiger partial charge in [0.05, 0.1) is 0 Å². The van der Waals surface area contributed by atoms with E-state index in [1.165, 1.54) is 0 Å². The highest BCUT2D eigenvalue weighted by Crippen LogP contribution is 2.03. The lowest BCUT2D eigenvalue weighted by Gasteiger charge is -2.01. The molecule has 0 aromatic rings. The molecular weight excluding hydrogens is 208 g/mol. The van der Waals surface area contributed by atoms with Gasteiger partial charge in [-0.25, -0.2) is 0 Å². The number of hydrogen-bond donors (Lipinski definition) is 2. The van der Waals surface area contributed by atoms with Gasteiger partial charge in [0.2, 0.25) is 4.58 Å². The van der Waals surface area contributed by atoms with Crippen LogP contribution in [0.5, 0.6) is 0 Å². The normalized spacial score (nSPS) is 12.0. The van der Waals surface area contributed by atoms with E-state index < -0.39 is 24.8 Å². The SMILES string of the molecule is C=C.CC(S(=O)(=O)O)S(=O)(=O)O. The van der Waals surface area contributed by atoms with Gasteiger partial charge >= 0.3 is 0 Å². The Bertz CT molecular complexity index is 279. The van der Waals surface area contributed by atoms with E-state index in [0.29, 0.717) is 6.92 Å². The molecule has 0 aromatic carbocycles. The van der Waals surface area contributed by atoms with Crippen molar-refractivity contribution in [3.05, 3.63) is 13.2 Å². The van der Waals surface area contributed by atoms with Crippen LogP contribution in [0.1, 0.15) is 6.92 Å². The highest BCUT2D eigenvalue weighted by molar-refractivity contribution is 8.03. The summed E-state index contributed by atoms with van der Waals surface area (Å²) in [7, 11) is -9.40. The molecule has 0 saturated carbocycles. The second-order valence-electron chi connectivity index (χ2n) is 1.60. The fraction of sp³-hybridized carbons (Fsp3) is 0.500. The topological polar surface area (TPSA) is 109 Å². The maximum atomic E-state index is 9.99. The van der Waals surface area contributed by atoms with E-state index in [1.54, 1.807) is 0 Å². The Hall–Kier alpha value is -0.440. The minimum absolute atomic E-state index is 0.657. The predicted octanol–water partition coefficient (Wildman–Crippen LogP) is -0.0898. The summed E-state index contributed by atoms with van der Waals surface area (Å²) in [6, 6.07) is 0. The molecule has 0 aliphatic rings. The lowest BCUT2D eigenvalue weighted by Crippen LogP contribution is -2.25. The van der Waals surface area contributed by atoms with Crippen LogP contribution in [0.2, 0.25) is 0 Å². The van der Waals surface area contributed by atoms with E-state index in [1.807, 2.05) is 0 Å². The van der Waals surface area contributed by atoms with Crippen molar-refractivity contribution in [2.24, 2.45) is 0 Å². The molecule has 2 N–H and O–H groups in total. The molecule has 0 heterocycles. The zero-order valence-corrected chi connectivity index (χ0v) is 7.97. The van der Waals surface area contributed by atoms with E-state index in [9.17, 15) is 16.8 Å². The average molecular weight is 218 g/mol. The van der Waals surface area contributed by atoms with Crippen LogP contribution in [0, 0.1) is 0 Å². The van der Waals surface area contributed by atoms with Gasteiger partial charge in [-0.05, 0) is 6.92 Å². The van der Waals surface area contributed by atoms with Crippen molar-refractivity contribution in [2.75, 3.05) is 0 Å². The van der Waals surface area contributed by atoms with Crippen molar-refractivity contribution in [2.45, 2.75) is 11.5 Å². The van der Waals surface area contributed by atoms with Gasteiger partial charge in [0.1, 0.15) is 0 Å². The molecular formula is C4H10O6S2. The monoisotopic (exact) mass is 218 g/mol. The second-order valence-corrected chi connectivity index (χ2v) is 5.37. The smallest absolute Gasteiger partial charge is 0.284 e. The summed E-state index contributed by atoms with van der Waals surface area (Å²) in [4.78, 5) is 0. The van der Waals surface area contributed by atoms with E-state index in [2.05, 4.69) is 13.2 Å². The van der Waals surface area contributed by atoms with Crippen molar-refractivity contribution < 1.29 is 25.9 Å². The minimum Gasteiger partial charge on any atom is -0.284 e. The summed E-state index contributed by atoms with van der Waals surface area (Å²) in [5, 5.41) is 0. The summed E-state index contributed by atoms with van der Waals surface area (Å²) in [5.41, 5.74) is 0. The molecule has 12 heavy (non-hydrogen) atoms. The Morgan fingerprint density at radius 3 is 1.17 bits per heavy atom. The molecule has 8 heteroatoms. The third kappa shape index (κ3) is 5.24. The van der Waals surface area contributed by atoms with Gasteiger partial charge in [-0.1, -0.05) is 0 Å². The van der Waals surface area contributed by atoms with E-state index in [4.69, 9.17) is 9.11 Å². The van der Waals surface area contributed by atoms with Gasteiger partial charge in [0, 0.05) is 0 Å². The first kappa shape index (κ1) is 14.1. The maximum Gasteiger partial charge on any atom is 0.284 e. The zero-order valence-electron chi connectivity index (χ0n) is 6.34. The third-order valence-corrected chi connectivity index (χ3v) is 3.98. The second kappa shape index (κ2) is 4.55. The van der Waals surface area contributed by atoms with Crippen molar-refractivity contribution in [3.63, 3.8) is 0 Å². The molecule has 0 aliphatic heterocycles. The van der Waals surface area contributed by atoms with Gasteiger partial charge in [-0.2, -0.15) is 16.8 Å². The molecule has 6 nitrogen and oxygen atoms in total. The van der Waals surface area contributed by atoms with Crippen LogP contribution in [0.15, 0.2) is 13.2 Å². The summed E-state index contributed by atoms with van der Waals surface area (Å²) in [6.07, 6.45) is 0. The summed E-state index contributed by atoms with van der Waals surface area (Å²) >= 11 is 0. The number of rotatable bonds is 2. The number of hydrogen-bond acceptors (Lipinski definition) is 4. The highest BCUT2D eigenvalue weighted by atomic mass is 32.3. The first-order valence-corrected chi connectivity index (χ1v) is 5.59. The molecule has 0 fully saturated rings.